The number of fused-ring (bicyclic) bond motifs is 1. The summed E-state index contributed by atoms with van der Waals surface area (Å²) in [5.41, 5.74) is 1.20. The summed E-state index contributed by atoms with van der Waals surface area (Å²) in [5.74, 6) is 0. The van der Waals surface area contributed by atoms with E-state index in [1.165, 1.54) is 31.2 Å². The lowest BCUT2D eigenvalue weighted by Crippen LogP contribution is -2.38. The van der Waals surface area contributed by atoms with E-state index in [2.05, 4.69) is 26.4 Å². The fraction of sp³-hybridized carbons (Fsp3) is 0.364. The van der Waals surface area contributed by atoms with Crippen molar-refractivity contribution in [3.05, 3.63) is 64.9 Å². The molecule has 0 saturated carbocycles. The van der Waals surface area contributed by atoms with Crippen molar-refractivity contribution in [1.82, 2.24) is 9.62 Å². The van der Waals surface area contributed by atoms with E-state index < -0.39 is 10.0 Å². The van der Waals surface area contributed by atoms with Crippen molar-refractivity contribution in [3.8, 4) is 0 Å². The summed E-state index contributed by atoms with van der Waals surface area (Å²) in [6.07, 6.45) is 4.88. The van der Waals surface area contributed by atoms with Gasteiger partial charge in [-0.3, -0.25) is 4.90 Å². The molecule has 0 radical (unpaired) electrons. The first-order valence-corrected chi connectivity index (χ1v) is 12.3. The van der Waals surface area contributed by atoms with E-state index in [-0.39, 0.29) is 6.04 Å². The number of hydrogen-bond donors (Lipinski definition) is 1. The van der Waals surface area contributed by atoms with Gasteiger partial charge in [0, 0.05) is 12.6 Å². The standard InChI is InChI=1S/C22H26N2O2S2/c25-28(26,21-10-9-18-7-3-4-8-19(18)15-21)23-16-22(20-11-14-27-17-20)24-12-5-1-2-6-13-24/h3-4,7-11,14-15,17,22-23H,1-2,5-6,12-13,16H2/t22-/m0/s1. The van der Waals surface area contributed by atoms with Crippen LogP contribution in [0.25, 0.3) is 10.8 Å². The van der Waals surface area contributed by atoms with E-state index in [0.717, 1.165) is 23.9 Å². The van der Waals surface area contributed by atoms with Crippen LogP contribution in [0.1, 0.15) is 37.3 Å². The van der Waals surface area contributed by atoms with Gasteiger partial charge in [-0.25, -0.2) is 13.1 Å². The van der Waals surface area contributed by atoms with Crippen LogP contribution in [-0.4, -0.2) is 33.0 Å². The Morgan fingerprint density at radius 1 is 0.964 bits per heavy atom. The highest BCUT2D eigenvalue weighted by molar-refractivity contribution is 7.89. The zero-order valence-electron chi connectivity index (χ0n) is 15.9. The molecule has 4 nitrogen and oxygen atoms in total. The molecule has 28 heavy (non-hydrogen) atoms. The van der Waals surface area contributed by atoms with E-state index in [9.17, 15) is 8.42 Å². The molecule has 1 aliphatic rings. The molecule has 0 aliphatic carbocycles. The van der Waals surface area contributed by atoms with Gasteiger partial charge in [0.05, 0.1) is 4.90 Å². The van der Waals surface area contributed by atoms with Crippen molar-refractivity contribution in [2.45, 2.75) is 36.6 Å². The molecule has 3 aromatic rings. The minimum atomic E-state index is -3.56. The Labute approximate surface area is 171 Å². The van der Waals surface area contributed by atoms with E-state index in [0.29, 0.717) is 11.4 Å². The molecule has 0 amide bonds. The van der Waals surface area contributed by atoms with Crippen LogP contribution in [0.3, 0.4) is 0 Å². The predicted octanol–water partition coefficient (Wildman–Crippen LogP) is 4.80. The number of likely N-dealkylation sites (tertiary alicyclic amines) is 1. The van der Waals surface area contributed by atoms with Gasteiger partial charge in [0.25, 0.3) is 0 Å². The first kappa shape index (κ1) is 19.6. The molecule has 0 bridgehead atoms. The second-order valence-corrected chi connectivity index (χ2v) is 9.93. The molecular weight excluding hydrogens is 388 g/mol. The predicted molar refractivity (Wildman–Crippen MR) is 116 cm³/mol. The highest BCUT2D eigenvalue weighted by Gasteiger charge is 2.24. The molecule has 2 heterocycles. The second kappa shape index (κ2) is 8.74. The van der Waals surface area contributed by atoms with Crippen LogP contribution < -0.4 is 4.72 Å². The molecular formula is C22H26N2O2S2. The molecule has 0 spiro atoms. The van der Waals surface area contributed by atoms with E-state index in [4.69, 9.17) is 0 Å². The van der Waals surface area contributed by atoms with Crippen LogP contribution in [0.5, 0.6) is 0 Å². The summed E-state index contributed by atoms with van der Waals surface area (Å²) in [5, 5.41) is 6.19. The monoisotopic (exact) mass is 414 g/mol. The van der Waals surface area contributed by atoms with Crippen molar-refractivity contribution in [1.29, 1.82) is 0 Å². The summed E-state index contributed by atoms with van der Waals surface area (Å²) in [4.78, 5) is 2.77. The summed E-state index contributed by atoms with van der Waals surface area (Å²) in [7, 11) is -3.56. The lowest BCUT2D eigenvalue weighted by Gasteiger charge is -2.30. The van der Waals surface area contributed by atoms with Gasteiger partial charge in [-0.1, -0.05) is 43.2 Å². The van der Waals surface area contributed by atoms with Gasteiger partial charge in [0.2, 0.25) is 10.0 Å². The third kappa shape index (κ3) is 4.46. The third-order valence-electron chi connectivity index (χ3n) is 5.51. The Morgan fingerprint density at radius 2 is 1.71 bits per heavy atom. The van der Waals surface area contributed by atoms with Crippen LogP contribution in [-0.2, 0) is 10.0 Å². The van der Waals surface area contributed by atoms with Crippen molar-refractivity contribution in [2.24, 2.45) is 0 Å². The number of sulfonamides is 1. The molecule has 4 rings (SSSR count). The Kier molecular flexibility index (Phi) is 6.11. The van der Waals surface area contributed by atoms with Gasteiger partial charge in [-0.2, -0.15) is 11.3 Å². The summed E-state index contributed by atoms with van der Waals surface area (Å²) in [6, 6.07) is 15.3. The van der Waals surface area contributed by atoms with Gasteiger partial charge in [-0.15, -0.1) is 0 Å². The maximum atomic E-state index is 13.0. The van der Waals surface area contributed by atoms with Gasteiger partial charge >= 0.3 is 0 Å². The normalized spacial score (nSPS) is 17.4. The molecule has 148 valence electrons. The van der Waals surface area contributed by atoms with Crippen LogP contribution in [0, 0.1) is 0 Å². The number of nitrogens with one attached hydrogen (secondary N) is 1. The highest BCUT2D eigenvalue weighted by atomic mass is 32.2. The molecule has 2 aromatic carbocycles. The molecule has 1 fully saturated rings. The minimum Gasteiger partial charge on any atom is -0.295 e. The Bertz CT molecular complexity index is 1010. The quantitative estimate of drug-likeness (QED) is 0.630. The fourth-order valence-corrected chi connectivity index (χ4v) is 5.72. The highest BCUT2D eigenvalue weighted by Crippen LogP contribution is 2.26. The molecule has 1 aliphatic heterocycles. The Morgan fingerprint density at radius 3 is 2.43 bits per heavy atom. The third-order valence-corrected chi connectivity index (χ3v) is 7.63. The van der Waals surface area contributed by atoms with E-state index >= 15 is 0 Å². The first-order valence-electron chi connectivity index (χ1n) is 9.88. The van der Waals surface area contributed by atoms with Crippen molar-refractivity contribution in [2.75, 3.05) is 19.6 Å². The lowest BCUT2D eigenvalue weighted by molar-refractivity contribution is 0.206. The van der Waals surface area contributed by atoms with Gasteiger partial charge in [-0.05, 0) is 71.2 Å². The number of hydrogen-bond acceptors (Lipinski definition) is 4. The van der Waals surface area contributed by atoms with Gasteiger partial charge in [0.1, 0.15) is 0 Å². The number of thiophene rings is 1. The number of rotatable bonds is 6. The van der Waals surface area contributed by atoms with Gasteiger partial charge in [0.15, 0.2) is 0 Å². The lowest BCUT2D eigenvalue weighted by atomic mass is 10.1. The largest absolute Gasteiger partial charge is 0.295 e. The molecule has 1 aromatic heterocycles. The van der Waals surface area contributed by atoms with Crippen LogP contribution in [0.15, 0.2) is 64.2 Å². The topological polar surface area (TPSA) is 49.4 Å². The average molecular weight is 415 g/mol. The smallest absolute Gasteiger partial charge is 0.240 e. The van der Waals surface area contributed by atoms with Crippen LogP contribution >= 0.6 is 11.3 Å². The summed E-state index contributed by atoms with van der Waals surface area (Å²) < 4.78 is 28.8. The Balaban J connectivity index is 1.54. The number of benzene rings is 2. The molecule has 1 N–H and O–H groups in total. The van der Waals surface area contributed by atoms with E-state index in [1.807, 2.05) is 30.3 Å². The average Bonchev–Trinajstić information content (AvgIpc) is 3.10. The fourth-order valence-electron chi connectivity index (χ4n) is 3.94. The summed E-state index contributed by atoms with van der Waals surface area (Å²) >= 11 is 1.66. The van der Waals surface area contributed by atoms with Crippen molar-refractivity contribution < 1.29 is 8.42 Å². The van der Waals surface area contributed by atoms with Gasteiger partial charge < -0.3 is 0 Å². The molecule has 0 unspecified atom stereocenters. The summed E-state index contributed by atoms with van der Waals surface area (Å²) in [6.45, 7) is 2.45. The first-order chi connectivity index (χ1) is 13.6. The zero-order valence-corrected chi connectivity index (χ0v) is 17.5. The van der Waals surface area contributed by atoms with Crippen molar-refractivity contribution >= 4 is 32.1 Å². The maximum Gasteiger partial charge on any atom is 0.240 e. The minimum absolute atomic E-state index is 0.0829. The van der Waals surface area contributed by atoms with Crippen molar-refractivity contribution in [3.63, 3.8) is 0 Å². The molecule has 6 heteroatoms. The van der Waals surface area contributed by atoms with Crippen LogP contribution in [0.4, 0.5) is 0 Å². The zero-order chi connectivity index (χ0) is 19.4. The Hall–Kier alpha value is -1.73. The SMILES string of the molecule is O=S(=O)(NC[C@@H](c1ccsc1)N1CCCCCC1)c1ccc2ccccc2c1. The maximum absolute atomic E-state index is 13.0. The number of nitrogens with zero attached hydrogens (tertiary/aromatic N) is 1. The van der Waals surface area contributed by atoms with E-state index in [1.54, 1.807) is 23.5 Å². The molecule has 1 saturated heterocycles. The van der Waals surface area contributed by atoms with Crippen LogP contribution in [0.2, 0.25) is 0 Å². The second-order valence-electron chi connectivity index (χ2n) is 7.38. The molecule has 1 atom stereocenters.